The molecule has 1 amide bonds. The zero-order chi connectivity index (χ0) is 21.8. The van der Waals surface area contributed by atoms with Crippen LogP contribution in [-0.4, -0.2) is 17.6 Å². The van der Waals surface area contributed by atoms with Gasteiger partial charge in [-0.05, 0) is 36.8 Å². The summed E-state index contributed by atoms with van der Waals surface area (Å²) in [6, 6.07) is 19.1. The smallest absolute Gasteiger partial charge is 0.293 e. The molecule has 158 valence electrons. The largest absolute Gasteiger partial charge is 0.454 e. The minimum absolute atomic E-state index is 0.129. The third-order valence-corrected chi connectivity index (χ3v) is 5.08. The number of nitrogens with one attached hydrogen (secondary N) is 1. The third kappa shape index (κ3) is 4.65. The molecule has 0 fully saturated rings. The van der Waals surface area contributed by atoms with Gasteiger partial charge in [-0.1, -0.05) is 36.4 Å². The first kappa shape index (κ1) is 20.4. The van der Waals surface area contributed by atoms with Gasteiger partial charge in [-0.3, -0.25) is 14.9 Å². The zero-order valence-corrected chi connectivity index (χ0v) is 16.9. The van der Waals surface area contributed by atoms with Gasteiger partial charge in [-0.25, -0.2) is 0 Å². The lowest BCUT2D eigenvalue weighted by Crippen LogP contribution is -2.85. The monoisotopic (exact) mass is 420 g/mol. The van der Waals surface area contributed by atoms with Crippen LogP contribution in [0.1, 0.15) is 22.7 Å². The summed E-state index contributed by atoms with van der Waals surface area (Å²) in [5, 5.41) is 16.1. The van der Waals surface area contributed by atoms with E-state index in [9.17, 15) is 14.9 Å². The Morgan fingerprint density at radius 2 is 1.87 bits per heavy atom. The maximum absolute atomic E-state index is 13.2. The molecule has 8 nitrogen and oxygen atoms in total. The van der Waals surface area contributed by atoms with Gasteiger partial charge >= 0.3 is 0 Å². The quantitative estimate of drug-likeness (QED) is 0.451. The van der Waals surface area contributed by atoms with Gasteiger partial charge in [0.2, 0.25) is 6.79 Å². The number of hydrogen-bond donors (Lipinski definition) is 2. The van der Waals surface area contributed by atoms with Gasteiger partial charge in [-0.2, -0.15) is 0 Å². The van der Waals surface area contributed by atoms with E-state index in [2.05, 4.69) is 5.32 Å². The van der Waals surface area contributed by atoms with Gasteiger partial charge in [0.25, 0.3) is 11.6 Å². The topological polar surface area (TPSA) is 107 Å². The number of fused-ring (bicyclic) bond motifs is 1. The molecule has 3 N–H and O–H groups in total. The van der Waals surface area contributed by atoms with Gasteiger partial charge in [-0.15, -0.1) is 0 Å². The van der Waals surface area contributed by atoms with Gasteiger partial charge in [0.15, 0.2) is 17.5 Å². The number of carbonyl (C=O) groups excluding carboxylic acids is 1. The minimum atomic E-state index is -0.590. The van der Waals surface area contributed by atoms with Gasteiger partial charge in [0.1, 0.15) is 12.2 Å². The summed E-state index contributed by atoms with van der Waals surface area (Å²) in [7, 11) is 0. The number of nitro groups is 1. The van der Waals surface area contributed by atoms with E-state index >= 15 is 0 Å². The number of rotatable bonds is 7. The molecule has 0 unspecified atom stereocenters. The van der Waals surface area contributed by atoms with Gasteiger partial charge in [0.05, 0.1) is 4.92 Å². The molecule has 0 saturated heterocycles. The summed E-state index contributed by atoms with van der Waals surface area (Å²) >= 11 is 0. The molecule has 31 heavy (non-hydrogen) atoms. The fourth-order valence-corrected chi connectivity index (χ4v) is 3.49. The van der Waals surface area contributed by atoms with Crippen molar-refractivity contribution in [2.45, 2.75) is 19.5 Å². The molecule has 1 aliphatic heterocycles. The van der Waals surface area contributed by atoms with Crippen molar-refractivity contribution in [1.82, 2.24) is 0 Å². The fourth-order valence-electron chi connectivity index (χ4n) is 3.49. The first-order valence-corrected chi connectivity index (χ1v) is 9.84. The number of amides is 1. The van der Waals surface area contributed by atoms with Crippen LogP contribution in [0.4, 0.5) is 11.4 Å². The molecule has 0 aromatic heterocycles. The SMILES string of the molecule is Cc1ccc(NC(=O)[C@@H]([NH2+]Cc2ccc3c(c2)OCO3)c2ccccc2)c([N+](=O)[O-])c1. The highest BCUT2D eigenvalue weighted by Gasteiger charge is 2.27. The van der Waals surface area contributed by atoms with E-state index < -0.39 is 11.0 Å². The number of carbonyl (C=O) groups is 1. The molecule has 1 heterocycles. The summed E-state index contributed by atoms with van der Waals surface area (Å²) < 4.78 is 10.8. The number of quaternary nitrogens is 1. The second-order valence-electron chi connectivity index (χ2n) is 7.28. The van der Waals surface area contributed by atoms with Crippen molar-refractivity contribution in [1.29, 1.82) is 0 Å². The van der Waals surface area contributed by atoms with E-state index in [1.807, 2.05) is 53.8 Å². The van der Waals surface area contributed by atoms with Crippen molar-refractivity contribution in [3.05, 3.63) is 93.5 Å². The van der Waals surface area contributed by atoms with E-state index in [4.69, 9.17) is 9.47 Å². The average molecular weight is 420 g/mol. The van der Waals surface area contributed by atoms with E-state index in [1.165, 1.54) is 6.07 Å². The van der Waals surface area contributed by atoms with Crippen LogP contribution >= 0.6 is 0 Å². The molecule has 1 aliphatic rings. The molecular weight excluding hydrogens is 398 g/mol. The Balaban J connectivity index is 1.55. The van der Waals surface area contributed by atoms with Crippen molar-refractivity contribution in [2.24, 2.45) is 0 Å². The molecule has 0 aliphatic carbocycles. The Labute approximate surface area is 179 Å². The fraction of sp³-hybridized carbons (Fsp3) is 0.174. The number of ether oxygens (including phenoxy) is 2. The predicted molar refractivity (Wildman–Crippen MR) is 114 cm³/mol. The van der Waals surface area contributed by atoms with Crippen LogP contribution in [0.15, 0.2) is 66.7 Å². The van der Waals surface area contributed by atoms with Crippen molar-refractivity contribution < 1.29 is 24.5 Å². The van der Waals surface area contributed by atoms with E-state index in [0.29, 0.717) is 18.0 Å². The van der Waals surface area contributed by atoms with Crippen LogP contribution in [0, 0.1) is 17.0 Å². The first-order valence-electron chi connectivity index (χ1n) is 9.84. The number of nitro benzene ring substituents is 1. The third-order valence-electron chi connectivity index (χ3n) is 5.08. The normalized spacial score (nSPS) is 12.9. The first-order chi connectivity index (χ1) is 15.0. The number of aryl methyl sites for hydroxylation is 1. The Morgan fingerprint density at radius 1 is 1.10 bits per heavy atom. The highest BCUT2D eigenvalue weighted by Crippen LogP contribution is 2.32. The van der Waals surface area contributed by atoms with E-state index in [1.54, 1.807) is 19.1 Å². The number of anilines is 1. The lowest BCUT2D eigenvalue weighted by Gasteiger charge is -2.16. The molecule has 3 aromatic rings. The van der Waals surface area contributed by atoms with Crippen LogP contribution in [0.3, 0.4) is 0 Å². The maximum Gasteiger partial charge on any atom is 0.293 e. The second kappa shape index (κ2) is 8.85. The summed E-state index contributed by atoms with van der Waals surface area (Å²) in [6.07, 6.45) is 0. The van der Waals surface area contributed by atoms with Crippen LogP contribution in [0.2, 0.25) is 0 Å². The maximum atomic E-state index is 13.2. The highest BCUT2D eigenvalue weighted by atomic mass is 16.7. The molecule has 0 bridgehead atoms. The molecule has 0 saturated carbocycles. The molecule has 8 heteroatoms. The van der Waals surface area contributed by atoms with Crippen LogP contribution in [0.5, 0.6) is 11.5 Å². The number of nitrogens with zero attached hydrogens (tertiary/aromatic N) is 1. The predicted octanol–water partition coefficient (Wildman–Crippen LogP) is 3.08. The second-order valence-corrected chi connectivity index (χ2v) is 7.28. The average Bonchev–Trinajstić information content (AvgIpc) is 3.23. The van der Waals surface area contributed by atoms with Gasteiger partial charge in [0, 0.05) is 17.2 Å². The van der Waals surface area contributed by atoms with Crippen molar-refractivity contribution in [3.8, 4) is 11.5 Å². The van der Waals surface area contributed by atoms with Crippen LogP contribution < -0.4 is 20.1 Å². The summed E-state index contributed by atoms with van der Waals surface area (Å²) in [6.45, 7) is 2.48. The lowest BCUT2D eigenvalue weighted by molar-refractivity contribution is -0.697. The van der Waals surface area contributed by atoms with Crippen molar-refractivity contribution >= 4 is 17.3 Å². The lowest BCUT2D eigenvalue weighted by atomic mass is 10.0. The van der Waals surface area contributed by atoms with Gasteiger partial charge < -0.3 is 20.1 Å². The Bertz CT molecular complexity index is 1120. The minimum Gasteiger partial charge on any atom is -0.454 e. The summed E-state index contributed by atoms with van der Waals surface area (Å²) in [4.78, 5) is 24.1. The Morgan fingerprint density at radius 3 is 2.65 bits per heavy atom. The molecular formula is C23H22N3O5+. The Hall–Kier alpha value is -3.91. The molecule has 1 atom stereocenters. The molecule has 0 spiro atoms. The Kier molecular flexibility index (Phi) is 5.81. The van der Waals surface area contributed by atoms with Crippen molar-refractivity contribution in [2.75, 3.05) is 12.1 Å². The summed E-state index contributed by atoms with van der Waals surface area (Å²) in [5.74, 6) is 1.05. The highest BCUT2D eigenvalue weighted by molar-refractivity contribution is 5.96. The molecule has 3 aromatic carbocycles. The number of nitrogens with two attached hydrogens (primary N) is 1. The van der Waals surface area contributed by atoms with E-state index in [-0.39, 0.29) is 24.1 Å². The zero-order valence-electron chi connectivity index (χ0n) is 16.9. The molecule has 4 rings (SSSR count). The van der Waals surface area contributed by atoms with E-state index in [0.717, 1.165) is 16.7 Å². The van der Waals surface area contributed by atoms with Crippen LogP contribution in [0.25, 0.3) is 0 Å². The number of benzene rings is 3. The van der Waals surface area contributed by atoms with Crippen LogP contribution in [-0.2, 0) is 11.3 Å². The molecule has 0 radical (unpaired) electrons. The number of hydrogen-bond acceptors (Lipinski definition) is 5. The standard InChI is InChI=1S/C23H21N3O5/c1-15-7-9-18(19(11-15)26(28)29)25-23(27)22(17-5-3-2-4-6-17)24-13-16-8-10-20-21(12-16)31-14-30-20/h2-12,22,24H,13-14H2,1H3,(H,25,27)/p+1/t22-/m0/s1. The van der Waals surface area contributed by atoms with Crippen molar-refractivity contribution in [3.63, 3.8) is 0 Å². The summed E-state index contributed by atoms with van der Waals surface area (Å²) in [5.41, 5.74) is 2.57.